The predicted molar refractivity (Wildman–Crippen MR) is 80.7 cm³/mol. The highest BCUT2D eigenvalue weighted by molar-refractivity contribution is 6.10. The first-order chi connectivity index (χ1) is 9.55. The average molecular weight is 268 g/mol. The Morgan fingerprint density at radius 1 is 1.20 bits per heavy atom. The minimum Gasteiger partial charge on any atom is -0.365 e. The number of aliphatic imine (C=N–C) groups is 1. The molecule has 2 aliphatic rings. The van der Waals surface area contributed by atoms with Gasteiger partial charge in [0, 0.05) is 14.1 Å². The third-order valence-corrected chi connectivity index (χ3v) is 4.40. The van der Waals surface area contributed by atoms with E-state index >= 15 is 0 Å². The summed E-state index contributed by atoms with van der Waals surface area (Å²) >= 11 is 0. The van der Waals surface area contributed by atoms with Crippen LogP contribution in [-0.2, 0) is 10.2 Å². The molecule has 3 heteroatoms. The molecule has 1 aromatic rings. The van der Waals surface area contributed by atoms with Crippen LogP contribution in [-0.4, -0.2) is 30.7 Å². The lowest BCUT2D eigenvalue weighted by atomic mass is 9.63. The van der Waals surface area contributed by atoms with E-state index in [1.54, 1.807) is 0 Å². The van der Waals surface area contributed by atoms with Crippen LogP contribution in [0.3, 0.4) is 0 Å². The van der Waals surface area contributed by atoms with E-state index in [2.05, 4.69) is 36.2 Å². The van der Waals surface area contributed by atoms with Crippen LogP contribution in [0.5, 0.6) is 0 Å². The summed E-state index contributed by atoms with van der Waals surface area (Å²) in [5.74, 6) is 1.18. The standard InChI is InChI=1S/C17H20N2O/c1-12-9-10-14-15(20)18-16(19(2)3)17(14,11-12)13-7-5-4-6-8-13/h4-10,12,14H,11H2,1-3H3. The summed E-state index contributed by atoms with van der Waals surface area (Å²) in [6.45, 7) is 2.20. The van der Waals surface area contributed by atoms with E-state index in [1.165, 1.54) is 5.56 Å². The number of carbonyl (C=O) groups is 1. The molecular formula is C17H20N2O. The maximum Gasteiger partial charge on any atom is 0.255 e. The molecule has 0 N–H and O–H groups in total. The molecule has 3 rings (SSSR count). The second-order valence-electron chi connectivity index (χ2n) is 6.05. The number of amidine groups is 1. The number of hydrogen-bond acceptors (Lipinski definition) is 2. The van der Waals surface area contributed by atoms with Gasteiger partial charge in [0.05, 0.1) is 11.3 Å². The van der Waals surface area contributed by atoms with E-state index in [-0.39, 0.29) is 17.2 Å². The van der Waals surface area contributed by atoms with Crippen LogP contribution in [0.4, 0.5) is 0 Å². The molecule has 0 saturated heterocycles. The Labute approximate surface area is 120 Å². The van der Waals surface area contributed by atoms with Crippen LogP contribution in [0.2, 0.25) is 0 Å². The topological polar surface area (TPSA) is 32.7 Å². The van der Waals surface area contributed by atoms with Crippen molar-refractivity contribution in [2.45, 2.75) is 18.8 Å². The fourth-order valence-electron chi connectivity index (χ4n) is 3.63. The average Bonchev–Trinajstić information content (AvgIpc) is 2.74. The monoisotopic (exact) mass is 268 g/mol. The fourth-order valence-corrected chi connectivity index (χ4v) is 3.63. The first-order valence-corrected chi connectivity index (χ1v) is 7.10. The second kappa shape index (κ2) is 4.58. The van der Waals surface area contributed by atoms with Crippen LogP contribution in [0.15, 0.2) is 47.5 Å². The third-order valence-electron chi connectivity index (χ3n) is 4.40. The number of fused-ring (bicyclic) bond motifs is 1. The summed E-state index contributed by atoms with van der Waals surface area (Å²) in [6.07, 6.45) is 5.14. The molecule has 104 valence electrons. The number of hydrogen-bond donors (Lipinski definition) is 0. The SMILES string of the molecule is CC1C=CC2C(=O)N=C(N(C)C)C2(c2ccccc2)C1. The molecule has 1 aliphatic carbocycles. The summed E-state index contributed by atoms with van der Waals surface area (Å²) in [5, 5.41) is 0. The number of allylic oxidation sites excluding steroid dienone is 1. The van der Waals surface area contributed by atoms with Crippen LogP contribution in [0.1, 0.15) is 18.9 Å². The van der Waals surface area contributed by atoms with Crippen molar-refractivity contribution < 1.29 is 4.79 Å². The van der Waals surface area contributed by atoms with Gasteiger partial charge in [-0.15, -0.1) is 0 Å². The van der Waals surface area contributed by atoms with Gasteiger partial charge in [-0.1, -0.05) is 49.4 Å². The predicted octanol–water partition coefficient (Wildman–Crippen LogP) is 2.64. The lowest BCUT2D eigenvalue weighted by molar-refractivity contribution is -0.120. The fraction of sp³-hybridized carbons (Fsp3) is 0.412. The lowest BCUT2D eigenvalue weighted by Gasteiger charge is -2.41. The van der Waals surface area contributed by atoms with E-state index in [0.717, 1.165) is 12.3 Å². The van der Waals surface area contributed by atoms with Crippen molar-refractivity contribution in [1.29, 1.82) is 0 Å². The summed E-state index contributed by atoms with van der Waals surface area (Å²) < 4.78 is 0. The molecular weight excluding hydrogens is 248 g/mol. The number of amides is 1. The normalized spacial score (nSPS) is 31.9. The van der Waals surface area contributed by atoms with Gasteiger partial charge in [-0.3, -0.25) is 4.79 Å². The minimum atomic E-state index is -0.296. The molecule has 1 amide bonds. The van der Waals surface area contributed by atoms with Crippen molar-refractivity contribution in [3.8, 4) is 0 Å². The Morgan fingerprint density at radius 2 is 1.90 bits per heavy atom. The van der Waals surface area contributed by atoms with E-state index in [1.807, 2.05) is 37.2 Å². The highest BCUT2D eigenvalue weighted by atomic mass is 16.1. The molecule has 3 atom stereocenters. The van der Waals surface area contributed by atoms with Gasteiger partial charge in [0.2, 0.25) is 0 Å². The van der Waals surface area contributed by atoms with Gasteiger partial charge < -0.3 is 4.90 Å². The summed E-state index contributed by atoms with van der Waals surface area (Å²) in [7, 11) is 3.95. The zero-order valence-electron chi connectivity index (χ0n) is 12.2. The van der Waals surface area contributed by atoms with Crippen molar-refractivity contribution in [1.82, 2.24) is 4.90 Å². The molecule has 1 aromatic carbocycles. The number of likely N-dealkylation sites (N-methyl/N-ethyl adjacent to an activating group) is 1. The Hall–Kier alpha value is -1.90. The van der Waals surface area contributed by atoms with Crippen LogP contribution in [0, 0.1) is 11.8 Å². The highest BCUT2D eigenvalue weighted by Gasteiger charge is 2.54. The first kappa shape index (κ1) is 13.1. The minimum absolute atomic E-state index is 0.0132. The van der Waals surface area contributed by atoms with E-state index in [9.17, 15) is 4.79 Å². The van der Waals surface area contributed by atoms with Crippen molar-refractivity contribution in [3.63, 3.8) is 0 Å². The third kappa shape index (κ3) is 1.73. The van der Waals surface area contributed by atoms with Crippen LogP contribution >= 0.6 is 0 Å². The van der Waals surface area contributed by atoms with Crippen molar-refractivity contribution in [2.75, 3.05) is 14.1 Å². The first-order valence-electron chi connectivity index (χ1n) is 7.10. The molecule has 3 unspecified atom stereocenters. The van der Waals surface area contributed by atoms with Gasteiger partial charge in [-0.25, -0.2) is 0 Å². The Bertz CT molecular complexity index is 588. The van der Waals surface area contributed by atoms with Crippen LogP contribution < -0.4 is 0 Å². The molecule has 20 heavy (non-hydrogen) atoms. The van der Waals surface area contributed by atoms with Gasteiger partial charge in [-0.05, 0) is 17.9 Å². The molecule has 1 aliphatic heterocycles. The highest BCUT2D eigenvalue weighted by Crippen LogP contribution is 2.48. The zero-order valence-corrected chi connectivity index (χ0v) is 12.2. The summed E-state index contributed by atoms with van der Waals surface area (Å²) in [6, 6.07) is 10.3. The molecule has 0 radical (unpaired) electrons. The largest absolute Gasteiger partial charge is 0.365 e. The maximum absolute atomic E-state index is 12.3. The summed E-state index contributed by atoms with van der Waals surface area (Å²) in [5.41, 5.74) is 0.898. The zero-order chi connectivity index (χ0) is 14.3. The van der Waals surface area contributed by atoms with Gasteiger partial charge in [0.15, 0.2) is 0 Å². The Morgan fingerprint density at radius 3 is 2.55 bits per heavy atom. The number of carbonyl (C=O) groups excluding carboxylic acids is 1. The van der Waals surface area contributed by atoms with E-state index < -0.39 is 0 Å². The molecule has 0 saturated carbocycles. The van der Waals surface area contributed by atoms with Gasteiger partial charge in [-0.2, -0.15) is 4.99 Å². The molecule has 3 nitrogen and oxygen atoms in total. The van der Waals surface area contributed by atoms with Crippen molar-refractivity contribution in [3.05, 3.63) is 48.0 Å². The molecule has 0 spiro atoms. The van der Waals surface area contributed by atoms with Crippen molar-refractivity contribution >= 4 is 11.7 Å². The van der Waals surface area contributed by atoms with E-state index in [0.29, 0.717) is 5.92 Å². The maximum atomic E-state index is 12.3. The van der Waals surface area contributed by atoms with Gasteiger partial charge in [0.1, 0.15) is 5.84 Å². The lowest BCUT2D eigenvalue weighted by Crippen LogP contribution is -2.48. The number of nitrogens with zero attached hydrogens (tertiary/aromatic N) is 2. The van der Waals surface area contributed by atoms with E-state index in [4.69, 9.17) is 0 Å². The quantitative estimate of drug-likeness (QED) is 0.733. The molecule has 0 fully saturated rings. The van der Waals surface area contributed by atoms with Gasteiger partial charge in [0.25, 0.3) is 5.91 Å². The molecule has 0 bridgehead atoms. The molecule has 1 heterocycles. The van der Waals surface area contributed by atoms with Crippen molar-refractivity contribution in [2.24, 2.45) is 16.8 Å². The Balaban J connectivity index is 2.22. The number of benzene rings is 1. The Kier molecular flexibility index (Phi) is 3.00. The molecule has 0 aromatic heterocycles. The van der Waals surface area contributed by atoms with Gasteiger partial charge >= 0.3 is 0 Å². The smallest absolute Gasteiger partial charge is 0.255 e. The summed E-state index contributed by atoms with van der Waals surface area (Å²) in [4.78, 5) is 18.7. The second-order valence-corrected chi connectivity index (χ2v) is 6.05. The number of rotatable bonds is 1. The van der Waals surface area contributed by atoms with Crippen LogP contribution in [0.25, 0.3) is 0 Å².